The highest BCUT2D eigenvalue weighted by Crippen LogP contribution is 2.24. The largest absolute Gasteiger partial charge is 0.489 e. The second-order valence-electron chi connectivity index (χ2n) is 4.95. The fourth-order valence-corrected chi connectivity index (χ4v) is 2.08. The molecule has 0 aliphatic carbocycles. The van der Waals surface area contributed by atoms with Crippen LogP contribution in [0.5, 0.6) is 5.75 Å². The fourth-order valence-electron chi connectivity index (χ4n) is 2.08. The SMILES string of the molecule is CC.CC(C)c1ccc(F)c(OC[C@H]2CCCN2)c1.[HH]. The zero-order chi connectivity index (χ0) is 14.3. The van der Waals surface area contributed by atoms with Gasteiger partial charge in [-0.25, -0.2) is 4.39 Å². The van der Waals surface area contributed by atoms with E-state index in [-0.39, 0.29) is 7.24 Å². The molecule has 0 amide bonds. The molecule has 0 bridgehead atoms. The summed E-state index contributed by atoms with van der Waals surface area (Å²) in [6.07, 6.45) is 2.30. The van der Waals surface area contributed by atoms with Crippen LogP contribution in [0.15, 0.2) is 18.2 Å². The quantitative estimate of drug-likeness (QED) is 0.877. The number of halogens is 1. The highest BCUT2D eigenvalue weighted by molar-refractivity contribution is 5.32. The summed E-state index contributed by atoms with van der Waals surface area (Å²) in [6.45, 7) is 9.78. The second kappa shape index (κ2) is 8.16. The summed E-state index contributed by atoms with van der Waals surface area (Å²) >= 11 is 0. The maximum atomic E-state index is 13.6. The van der Waals surface area contributed by atoms with Crippen molar-refractivity contribution in [2.45, 2.75) is 52.5 Å². The Morgan fingerprint density at radius 2 is 2.16 bits per heavy atom. The lowest BCUT2D eigenvalue weighted by Crippen LogP contribution is -2.28. The minimum absolute atomic E-state index is 0. The summed E-state index contributed by atoms with van der Waals surface area (Å²) in [5, 5.41) is 3.34. The van der Waals surface area contributed by atoms with Crippen molar-refractivity contribution >= 4 is 0 Å². The van der Waals surface area contributed by atoms with Crippen LogP contribution in [0.4, 0.5) is 4.39 Å². The van der Waals surface area contributed by atoms with E-state index in [4.69, 9.17) is 4.74 Å². The summed E-state index contributed by atoms with van der Waals surface area (Å²) in [5.74, 6) is 0.500. The molecular formula is C16H28FNO. The van der Waals surface area contributed by atoms with E-state index in [1.165, 1.54) is 12.5 Å². The van der Waals surface area contributed by atoms with E-state index in [9.17, 15) is 4.39 Å². The van der Waals surface area contributed by atoms with Gasteiger partial charge < -0.3 is 10.1 Å². The van der Waals surface area contributed by atoms with Crippen molar-refractivity contribution in [1.29, 1.82) is 0 Å². The predicted molar refractivity (Wildman–Crippen MR) is 80.5 cm³/mol. The number of hydrogen-bond donors (Lipinski definition) is 1. The Kier molecular flexibility index (Phi) is 6.85. The van der Waals surface area contributed by atoms with Gasteiger partial charge >= 0.3 is 0 Å². The van der Waals surface area contributed by atoms with E-state index in [0.717, 1.165) is 18.5 Å². The average Bonchev–Trinajstić information content (AvgIpc) is 2.93. The van der Waals surface area contributed by atoms with Crippen LogP contribution in [0.2, 0.25) is 0 Å². The summed E-state index contributed by atoms with van der Waals surface area (Å²) in [4.78, 5) is 0. The molecule has 1 aliphatic rings. The van der Waals surface area contributed by atoms with Gasteiger partial charge in [0.1, 0.15) is 6.61 Å². The third-order valence-corrected chi connectivity index (χ3v) is 3.22. The zero-order valence-corrected chi connectivity index (χ0v) is 12.5. The topological polar surface area (TPSA) is 21.3 Å². The molecule has 0 saturated carbocycles. The van der Waals surface area contributed by atoms with E-state index < -0.39 is 0 Å². The minimum Gasteiger partial charge on any atom is -0.489 e. The molecule has 1 aromatic carbocycles. The molecule has 0 aromatic heterocycles. The third-order valence-electron chi connectivity index (χ3n) is 3.22. The van der Waals surface area contributed by atoms with Crippen molar-refractivity contribution in [2.24, 2.45) is 0 Å². The summed E-state index contributed by atoms with van der Waals surface area (Å²) in [5.41, 5.74) is 1.11. The number of benzene rings is 1. The van der Waals surface area contributed by atoms with Crippen molar-refractivity contribution in [3.05, 3.63) is 29.6 Å². The van der Waals surface area contributed by atoms with Gasteiger partial charge in [0.15, 0.2) is 11.6 Å². The smallest absolute Gasteiger partial charge is 0.165 e. The van der Waals surface area contributed by atoms with Crippen molar-refractivity contribution in [1.82, 2.24) is 5.32 Å². The normalized spacial score (nSPS) is 18.1. The lowest BCUT2D eigenvalue weighted by atomic mass is 10.0. The first-order valence-electron chi connectivity index (χ1n) is 7.32. The molecule has 3 heteroatoms. The highest BCUT2D eigenvalue weighted by atomic mass is 19.1. The Morgan fingerprint density at radius 1 is 1.42 bits per heavy atom. The molecule has 1 fully saturated rings. The van der Waals surface area contributed by atoms with Crippen LogP contribution in [-0.4, -0.2) is 19.2 Å². The Morgan fingerprint density at radius 3 is 2.74 bits per heavy atom. The average molecular weight is 269 g/mol. The first-order chi connectivity index (χ1) is 9.16. The molecule has 1 saturated heterocycles. The van der Waals surface area contributed by atoms with Gasteiger partial charge in [0.2, 0.25) is 0 Å². The highest BCUT2D eigenvalue weighted by Gasteiger charge is 2.15. The van der Waals surface area contributed by atoms with Gasteiger partial charge in [-0.15, -0.1) is 0 Å². The van der Waals surface area contributed by atoms with Crippen molar-refractivity contribution in [3.63, 3.8) is 0 Å². The maximum absolute atomic E-state index is 13.6. The first kappa shape index (κ1) is 16.0. The van der Waals surface area contributed by atoms with Crippen LogP contribution < -0.4 is 10.1 Å². The summed E-state index contributed by atoms with van der Waals surface area (Å²) in [7, 11) is 0. The Bertz CT molecular complexity index is 379. The molecule has 110 valence electrons. The number of ether oxygens (including phenoxy) is 1. The number of rotatable bonds is 4. The minimum atomic E-state index is -0.271. The van der Waals surface area contributed by atoms with E-state index in [2.05, 4.69) is 19.2 Å². The molecule has 0 radical (unpaired) electrons. The van der Waals surface area contributed by atoms with Gasteiger partial charge in [-0.3, -0.25) is 0 Å². The molecule has 1 aromatic rings. The third kappa shape index (κ3) is 4.83. The van der Waals surface area contributed by atoms with Crippen LogP contribution in [0.1, 0.15) is 53.4 Å². The van der Waals surface area contributed by atoms with Gasteiger partial charge in [0.25, 0.3) is 0 Å². The van der Waals surface area contributed by atoms with Crippen LogP contribution in [0, 0.1) is 5.82 Å². The molecule has 1 aliphatic heterocycles. The van der Waals surface area contributed by atoms with Crippen molar-refractivity contribution in [2.75, 3.05) is 13.2 Å². The zero-order valence-electron chi connectivity index (χ0n) is 12.5. The van der Waals surface area contributed by atoms with Crippen LogP contribution in [0.25, 0.3) is 0 Å². The van der Waals surface area contributed by atoms with E-state index in [1.807, 2.05) is 26.0 Å². The van der Waals surface area contributed by atoms with Crippen LogP contribution in [-0.2, 0) is 0 Å². The van der Waals surface area contributed by atoms with Gasteiger partial charge in [0, 0.05) is 7.47 Å². The Hall–Kier alpha value is -1.09. The van der Waals surface area contributed by atoms with Crippen LogP contribution >= 0.6 is 0 Å². The Labute approximate surface area is 117 Å². The van der Waals surface area contributed by atoms with Crippen LogP contribution in [0.3, 0.4) is 0 Å². The van der Waals surface area contributed by atoms with Crippen molar-refractivity contribution in [3.8, 4) is 5.75 Å². The molecule has 1 heterocycles. The molecule has 2 rings (SSSR count). The Balaban J connectivity index is 0.00000115. The first-order valence-corrected chi connectivity index (χ1v) is 7.32. The second-order valence-corrected chi connectivity index (χ2v) is 4.95. The van der Waals surface area contributed by atoms with E-state index in [1.54, 1.807) is 0 Å². The number of nitrogens with one attached hydrogen (secondary N) is 1. The summed E-state index contributed by atoms with van der Waals surface area (Å²) < 4.78 is 19.1. The van der Waals surface area contributed by atoms with Gasteiger partial charge in [-0.05, 0) is 43.0 Å². The maximum Gasteiger partial charge on any atom is 0.165 e. The lowest BCUT2D eigenvalue weighted by Gasteiger charge is -2.14. The van der Waals surface area contributed by atoms with Crippen molar-refractivity contribution < 1.29 is 10.6 Å². The standard InChI is InChI=1S/C14H20FNO.C2H6.H2/c1-10(2)11-5-6-13(15)14(8-11)17-9-12-4-3-7-16-12;1-2;/h5-6,8,10,12,16H,3-4,7,9H2,1-2H3;1-2H3;1H/t12-;;/m1../s1. The van der Waals surface area contributed by atoms with E-state index in [0.29, 0.717) is 24.3 Å². The molecule has 0 unspecified atom stereocenters. The molecule has 1 N–H and O–H groups in total. The molecule has 2 nitrogen and oxygen atoms in total. The molecule has 1 atom stereocenters. The van der Waals surface area contributed by atoms with Gasteiger partial charge in [-0.1, -0.05) is 33.8 Å². The predicted octanol–water partition coefficient (Wildman–Crippen LogP) is 4.35. The lowest BCUT2D eigenvalue weighted by molar-refractivity contribution is 0.265. The molecule has 0 spiro atoms. The van der Waals surface area contributed by atoms with E-state index >= 15 is 0 Å². The molecule has 19 heavy (non-hydrogen) atoms. The van der Waals surface area contributed by atoms with Gasteiger partial charge in [0.05, 0.1) is 0 Å². The number of hydrogen-bond acceptors (Lipinski definition) is 2. The molecular weight excluding hydrogens is 241 g/mol. The van der Waals surface area contributed by atoms with Gasteiger partial charge in [-0.2, -0.15) is 0 Å². The monoisotopic (exact) mass is 269 g/mol. The fraction of sp³-hybridized carbons (Fsp3) is 0.625. The summed E-state index contributed by atoms with van der Waals surface area (Å²) in [6, 6.07) is 5.50.